The molecule has 5 rings (SSSR count). The van der Waals surface area contributed by atoms with E-state index in [0.717, 1.165) is 5.56 Å². The lowest BCUT2D eigenvalue weighted by molar-refractivity contribution is -0.135. The van der Waals surface area contributed by atoms with E-state index in [2.05, 4.69) is 0 Å². The molecule has 0 amide bonds. The molecule has 1 unspecified atom stereocenters. The summed E-state index contributed by atoms with van der Waals surface area (Å²) in [5.74, 6) is 0.440. The van der Waals surface area contributed by atoms with Gasteiger partial charge in [0.15, 0.2) is 5.76 Å². The molecule has 2 aromatic carbocycles. The van der Waals surface area contributed by atoms with Crippen molar-refractivity contribution in [1.29, 1.82) is 0 Å². The Morgan fingerprint density at radius 3 is 2.71 bits per heavy atom. The summed E-state index contributed by atoms with van der Waals surface area (Å²) in [7, 11) is 0. The molecule has 0 radical (unpaired) electrons. The number of carbonyl (C=O) groups is 2. The van der Waals surface area contributed by atoms with E-state index in [1.54, 1.807) is 42.5 Å². The van der Waals surface area contributed by atoms with Crippen molar-refractivity contribution in [2.75, 3.05) is 0 Å². The number of fused-ring (bicyclic) bond motifs is 3. The van der Waals surface area contributed by atoms with Crippen LogP contribution in [0.1, 0.15) is 39.6 Å². The molecule has 2 aliphatic heterocycles. The Bertz CT molecular complexity index is 1140. The average Bonchev–Trinajstić information content (AvgIpc) is 3.30. The third kappa shape index (κ3) is 2.58. The zero-order valence-corrected chi connectivity index (χ0v) is 14.5. The Kier molecular flexibility index (Phi) is 3.58. The van der Waals surface area contributed by atoms with Crippen LogP contribution in [0.2, 0.25) is 0 Å². The van der Waals surface area contributed by atoms with Crippen LogP contribution in [0.15, 0.2) is 65.0 Å². The molecule has 0 fully saturated rings. The second-order valence-corrected chi connectivity index (χ2v) is 6.64. The molecule has 3 aromatic rings. The summed E-state index contributed by atoms with van der Waals surface area (Å²) in [5.41, 5.74) is 1.77. The Morgan fingerprint density at radius 2 is 1.93 bits per heavy atom. The fourth-order valence-corrected chi connectivity index (χ4v) is 3.63. The van der Waals surface area contributed by atoms with Crippen molar-refractivity contribution in [2.24, 2.45) is 0 Å². The number of hydrogen-bond donors (Lipinski definition) is 1. The maximum atomic E-state index is 12.8. The molecule has 6 heteroatoms. The topological polar surface area (TPSA) is 86.0 Å². The van der Waals surface area contributed by atoms with Crippen LogP contribution in [-0.2, 0) is 4.79 Å². The minimum absolute atomic E-state index is 0.0850. The van der Waals surface area contributed by atoms with Gasteiger partial charge in [-0.25, -0.2) is 0 Å². The Labute approximate surface area is 159 Å². The molecule has 138 valence electrons. The van der Waals surface area contributed by atoms with Crippen molar-refractivity contribution in [3.8, 4) is 17.2 Å². The van der Waals surface area contributed by atoms with Crippen LogP contribution in [0.3, 0.4) is 0 Å². The first-order valence-corrected chi connectivity index (χ1v) is 8.74. The smallest absolute Gasteiger partial charge is 0.312 e. The number of allylic oxidation sites excluding steroid dienone is 1. The van der Waals surface area contributed by atoms with E-state index in [1.807, 2.05) is 6.07 Å². The molecule has 0 saturated carbocycles. The number of esters is 1. The molecule has 0 bridgehead atoms. The molecule has 0 aliphatic carbocycles. The van der Waals surface area contributed by atoms with Crippen LogP contribution in [0, 0.1) is 0 Å². The molecule has 1 aromatic heterocycles. The van der Waals surface area contributed by atoms with Gasteiger partial charge >= 0.3 is 5.97 Å². The van der Waals surface area contributed by atoms with Crippen LogP contribution in [0.25, 0.3) is 6.08 Å². The zero-order valence-electron chi connectivity index (χ0n) is 14.5. The lowest BCUT2D eigenvalue weighted by Gasteiger charge is -2.26. The number of ether oxygens (including phenoxy) is 2. The van der Waals surface area contributed by atoms with E-state index in [0.29, 0.717) is 28.4 Å². The number of ketones is 1. The Balaban J connectivity index is 1.65. The van der Waals surface area contributed by atoms with Gasteiger partial charge < -0.3 is 19.0 Å². The lowest BCUT2D eigenvalue weighted by Crippen LogP contribution is -2.21. The minimum Gasteiger partial charge on any atom is -0.508 e. The van der Waals surface area contributed by atoms with E-state index >= 15 is 0 Å². The molecule has 28 heavy (non-hydrogen) atoms. The Hall–Kier alpha value is -3.80. The van der Waals surface area contributed by atoms with Gasteiger partial charge in [-0.15, -0.1) is 0 Å². The largest absolute Gasteiger partial charge is 0.508 e. The maximum absolute atomic E-state index is 12.8. The number of Topliss-reactive ketones (excluding diaryl/α,β-unsaturated/α-hetero) is 1. The number of phenols is 1. The van der Waals surface area contributed by atoms with Gasteiger partial charge in [0.2, 0.25) is 5.78 Å². The summed E-state index contributed by atoms with van der Waals surface area (Å²) in [4.78, 5) is 24.9. The third-order valence-corrected chi connectivity index (χ3v) is 4.87. The highest BCUT2D eigenvalue weighted by molar-refractivity contribution is 6.15. The summed E-state index contributed by atoms with van der Waals surface area (Å²) in [5, 5.41) is 9.86. The quantitative estimate of drug-likeness (QED) is 0.414. The van der Waals surface area contributed by atoms with Gasteiger partial charge in [-0.05, 0) is 42.0 Å². The van der Waals surface area contributed by atoms with Gasteiger partial charge in [0.05, 0.1) is 18.2 Å². The highest BCUT2D eigenvalue weighted by Crippen LogP contribution is 2.49. The molecule has 2 aliphatic rings. The van der Waals surface area contributed by atoms with E-state index < -0.39 is 5.92 Å². The predicted octanol–water partition coefficient (Wildman–Crippen LogP) is 4.04. The monoisotopic (exact) mass is 374 g/mol. The number of rotatable bonds is 2. The highest BCUT2D eigenvalue weighted by atomic mass is 16.5. The molecule has 6 nitrogen and oxygen atoms in total. The van der Waals surface area contributed by atoms with Gasteiger partial charge in [0.25, 0.3) is 0 Å². The van der Waals surface area contributed by atoms with Gasteiger partial charge in [-0.2, -0.15) is 0 Å². The van der Waals surface area contributed by atoms with E-state index in [1.165, 1.54) is 12.3 Å². The van der Waals surface area contributed by atoms with E-state index in [-0.39, 0.29) is 29.7 Å². The predicted molar refractivity (Wildman–Crippen MR) is 98.3 cm³/mol. The maximum Gasteiger partial charge on any atom is 0.312 e. The standard InChI is InChI=1S/C22H14O6/c23-13-4-1-3-12(9-13)16-11-19(24)27-17-7-6-15-21(25)18(28-22(15)20(16)17)10-14-5-2-8-26-14/h1-10,16,23H,11H2. The Morgan fingerprint density at radius 1 is 1.04 bits per heavy atom. The fourth-order valence-electron chi connectivity index (χ4n) is 3.63. The molecule has 1 atom stereocenters. The summed E-state index contributed by atoms with van der Waals surface area (Å²) >= 11 is 0. The minimum atomic E-state index is -0.394. The van der Waals surface area contributed by atoms with E-state index in [4.69, 9.17) is 13.9 Å². The first-order valence-electron chi connectivity index (χ1n) is 8.74. The van der Waals surface area contributed by atoms with Crippen LogP contribution in [0.5, 0.6) is 17.2 Å². The van der Waals surface area contributed by atoms with Crippen molar-refractivity contribution in [2.45, 2.75) is 12.3 Å². The number of phenolic OH excluding ortho intramolecular Hbond substituents is 1. The van der Waals surface area contributed by atoms with Crippen LogP contribution >= 0.6 is 0 Å². The van der Waals surface area contributed by atoms with Gasteiger partial charge in [-0.1, -0.05) is 12.1 Å². The molecule has 3 heterocycles. The SMILES string of the molecule is O=C1CC(c2cccc(O)c2)c2c(ccc3c2OC(=Cc2ccco2)C3=O)O1. The second kappa shape index (κ2) is 6.13. The summed E-state index contributed by atoms with van der Waals surface area (Å²) in [6, 6.07) is 13.3. The van der Waals surface area contributed by atoms with Crippen LogP contribution < -0.4 is 9.47 Å². The third-order valence-electron chi connectivity index (χ3n) is 4.87. The first-order chi connectivity index (χ1) is 13.6. The molecule has 0 saturated heterocycles. The summed E-state index contributed by atoms with van der Waals surface area (Å²) in [6.45, 7) is 0. The molecular weight excluding hydrogens is 360 g/mol. The zero-order chi connectivity index (χ0) is 19.3. The van der Waals surface area contributed by atoms with Crippen molar-refractivity contribution in [3.05, 3.63) is 83.0 Å². The van der Waals surface area contributed by atoms with Crippen molar-refractivity contribution >= 4 is 17.8 Å². The van der Waals surface area contributed by atoms with Gasteiger partial charge in [-0.3, -0.25) is 9.59 Å². The number of furan rings is 1. The van der Waals surface area contributed by atoms with Crippen molar-refractivity contribution in [1.82, 2.24) is 0 Å². The second-order valence-electron chi connectivity index (χ2n) is 6.64. The summed E-state index contributed by atoms with van der Waals surface area (Å²) in [6.07, 6.45) is 3.13. The van der Waals surface area contributed by atoms with Gasteiger partial charge in [0.1, 0.15) is 23.0 Å². The summed E-state index contributed by atoms with van der Waals surface area (Å²) < 4.78 is 16.6. The van der Waals surface area contributed by atoms with Crippen molar-refractivity contribution in [3.63, 3.8) is 0 Å². The fraction of sp³-hybridized carbons (Fsp3) is 0.0909. The molecule has 1 N–H and O–H groups in total. The first kappa shape index (κ1) is 16.4. The van der Waals surface area contributed by atoms with Crippen molar-refractivity contribution < 1.29 is 28.6 Å². The van der Waals surface area contributed by atoms with Crippen LogP contribution in [0.4, 0.5) is 0 Å². The average molecular weight is 374 g/mol. The van der Waals surface area contributed by atoms with Gasteiger partial charge in [0, 0.05) is 17.6 Å². The number of carbonyl (C=O) groups excluding carboxylic acids is 2. The highest BCUT2D eigenvalue weighted by Gasteiger charge is 2.38. The normalized spacial score (nSPS) is 19.1. The van der Waals surface area contributed by atoms with E-state index in [9.17, 15) is 14.7 Å². The van der Waals surface area contributed by atoms with Crippen LogP contribution in [-0.4, -0.2) is 16.9 Å². The molecule has 0 spiro atoms. The lowest BCUT2D eigenvalue weighted by atomic mass is 9.84. The molecular formula is C22H14O6. The number of hydrogen-bond acceptors (Lipinski definition) is 6. The number of aromatic hydroxyl groups is 1. The number of benzene rings is 2.